The smallest absolute Gasteiger partial charge is 0.322 e. The number of phenols is 1. The van der Waals surface area contributed by atoms with E-state index in [4.69, 9.17) is 34.4 Å². The lowest BCUT2D eigenvalue weighted by Crippen LogP contribution is -2.61. The van der Waals surface area contributed by atoms with Crippen LogP contribution < -0.4 is 114 Å². The number of aliphatic hydroxyl groups excluding tert-OH is 2. The second kappa shape index (κ2) is 55.2. The Bertz CT molecular complexity index is 4120. The molecule has 48 nitrogen and oxygen atoms in total. The number of aliphatic hydroxyl groups is 2. The molecule has 698 valence electrons. The molecule has 0 spiro atoms. The van der Waals surface area contributed by atoms with E-state index in [9.17, 15) is 126 Å². The molecule has 19 amide bonds. The number of likely N-dealkylation sites (tertiary alicyclic amines) is 1. The zero-order chi connectivity index (χ0) is 94.6. The van der Waals surface area contributed by atoms with Gasteiger partial charge in [-0.15, -0.1) is 0 Å². The van der Waals surface area contributed by atoms with Gasteiger partial charge in [0.05, 0.1) is 57.6 Å². The molecule has 0 saturated carbocycles. The van der Waals surface area contributed by atoms with Crippen LogP contribution in [-0.4, -0.2) is 292 Å². The third-order valence-electron chi connectivity index (χ3n) is 19.7. The van der Waals surface area contributed by atoms with Gasteiger partial charge >= 0.3 is 11.9 Å². The molecule has 1 saturated heterocycles. The van der Waals surface area contributed by atoms with Crippen LogP contribution in [-0.2, 0) is 114 Å². The molecule has 0 aliphatic carbocycles. The van der Waals surface area contributed by atoms with Crippen molar-refractivity contribution in [3.8, 4) is 5.75 Å². The number of rotatable bonds is 58. The van der Waals surface area contributed by atoms with Gasteiger partial charge in [0.2, 0.25) is 112 Å². The van der Waals surface area contributed by atoms with E-state index in [0.717, 1.165) is 11.8 Å². The summed E-state index contributed by atoms with van der Waals surface area (Å²) in [7, 11) is 0. The number of aliphatic carboxylic acids is 2. The highest BCUT2D eigenvalue weighted by Crippen LogP contribution is 2.21. The molecule has 1 fully saturated rings. The van der Waals surface area contributed by atoms with Gasteiger partial charge in [0.1, 0.15) is 84.8 Å². The number of carboxylic acid groups (broad SMARTS) is 2. The maximum atomic E-state index is 14.6. The van der Waals surface area contributed by atoms with Crippen molar-refractivity contribution in [2.45, 2.75) is 222 Å². The number of carbonyl (C=O) groups is 21. The minimum atomic E-state index is -2.10. The van der Waals surface area contributed by atoms with Crippen LogP contribution >= 0.6 is 0 Å². The zero-order valence-corrected chi connectivity index (χ0v) is 70.6. The van der Waals surface area contributed by atoms with Crippen molar-refractivity contribution in [1.29, 1.82) is 0 Å². The number of carboxylic acids is 2. The highest BCUT2D eigenvalue weighted by atomic mass is 16.4. The van der Waals surface area contributed by atoms with Gasteiger partial charge in [-0.2, -0.15) is 0 Å². The lowest BCUT2D eigenvalue weighted by atomic mass is 9.96. The number of aromatic hydroxyl groups is 1. The monoisotopic (exact) mass is 1780 g/mol. The zero-order valence-electron chi connectivity index (χ0n) is 70.6. The summed E-state index contributed by atoms with van der Waals surface area (Å²) < 4.78 is 0. The van der Waals surface area contributed by atoms with Gasteiger partial charge in [-0.1, -0.05) is 76.6 Å². The highest BCUT2D eigenvalue weighted by Gasteiger charge is 2.42. The molecule has 126 heavy (non-hydrogen) atoms. The van der Waals surface area contributed by atoms with E-state index >= 15 is 0 Å². The minimum absolute atomic E-state index is 0.00442. The number of phenolic OH excluding ortho intramolecular Hbond substituents is 1. The Morgan fingerprint density at radius 3 is 1.34 bits per heavy atom. The van der Waals surface area contributed by atoms with Gasteiger partial charge in [-0.3, -0.25) is 101 Å². The maximum Gasteiger partial charge on any atom is 0.322 e. The first-order valence-corrected chi connectivity index (χ1v) is 40.7. The van der Waals surface area contributed by atoms with E-state index in [1.165, 1.54) is 24.3 Å². The molecular weight excluding hydrogens is 1660 g/mol. The largest absolute Gasteiger partial charge is 0.508 e. The number of primary amides is 3. The van der Waals surface area contributed by atoms with Crippen LogP contribution in [0.4, 0.5) is 0 Å². The van der Waals surface area contributed by atoms with E-state index < -0.39 is 286 Å². The maximum absolute atomic E-state index is 14.6. The molecule has 0 bridgehead atoms. The molecule has 0 aromatic heterocycles. The van der Waals surface area contributed by atoms with Crippen LogP contribution in [0, 0.1) is 11.8 Å². The van der Waals surface area contributed by atoms with Crippen molar-refractivity contribution in [2.75, 3.05) is 52.4 Å². The number of unbranched alkanes of at least 4 members (excludes halogenated alkanes) is 2. The van der Waals surface area contributed by atoms with Crippen molar-refractivity contribution in [2.24, 2.45) is 46.2 Å². The first-order chi connectivity index (χ1) is 59.4. The van der Waals surface area contributed by atoms with Crippen LogP contribution in [0.3, 0.4) is 0 Å². The molecule has 3 rings (SSSR count). The summed E-state index contributed by atoms with van der Waals surface area (Å²) >= 11 is 0. The van der Waals surface area contributed by atoms with Crippen molar-refractivity contribution in [3.63, 3.8) is 0 Å². The van der Waals surface area contributed by atoms with E-state index in [0.29, 0.717) is 24.8 Å². The summed E-state index contributed by atoms with van der Waals surface area (Å²) in [6, 6.07) is -8.22. The van der Waals surface area contributed by atoms with Crippen molar-refractivity contribution < 1.29 is 126 Å². The molecular formula is C78H120N22O26. The predicted molar refractivity (Wildman–Crippen MR) is 443 cm³/mol. The number of amides is 19. The second-order valence-corrected chi connectivity index (χ2v) is 30.3. The molecule has 0 unspecified atom stereocenters. The lowest BCUT2D eigenvalue weighted by Gasteiger charge is -2.31. The van der Waals surface area contributed by atoms with Crippen molar-refractivity contribution in [1.82, 2.24) is 84.7 Å². The average Bonchev–Trinajstić information content (AvgIpc) is 1.69. The molecule has 15 atom stereocenters. The average molecular weight is 1780 g/mol. The fraction of sp³-hybridized carbons (Fsp3) is 0.577. The second-order valence-electron chi connectivity index (χ2n) is 30.3. The third kappa shape index (κ3) is 38.8. The highest BCUT2D eigenvalue weighted by molar-refractivity contribution is 6.02. The molecule has 32 N–H and O–H groups in total. The topological polar surface area (TPSA) is 799 Å². The Morgan fingerprint density at radius 1 is 0.437 bits per heavy atom. The number of nitrogens with two attached hydrogens (primary N) is 6. The summed E-state index contributed by atoms with van der Waals surface area (Å²) in [4.78, 5) is 282. The fourth-order valence-corrected chi connectivity index (χ4v) is 12.5. The lowest BCUT2D eigenvalue weighted by molar-refractivity contribution is -0.143. The molecule has 1 heterocycles. The summed E-state index contributed by atoms with van der Waals surface area (Å²) in [5.41, 5.74) is 34.6. The Labute approximate surface area is 724 Å². The molecule has 0 radical (unpaired) electrons. The normalized spacial score (nSPS) is 15.5. The van der Waals surface area contributed by atoms with Gasteiger partial charge in [0.25, 0.3) is 0 Å². The van der Waals surface area contributed by atoms with Gasteiger partial charge in [0, 0.05) is 25.8 Å². The molecule has 1 aliphatic heterocycles. The SMILES string of the molecule is CC[C@H](C)[C@H](NC(=O)[C@@H](N)C(C)C)C(=O)N[C@@H](CC(N)=O)C(=O)N1CCC[C@H]1C(=O)NCC(=O)N[C@@H](CO)C(=O)NCC(=O)NCC(=O)N[C@H](C(=O)N[C@@H](CC(N)=O)C(=O)N[C@@H](Cc1ccc(O)cc1)C(=O)N[C@@H](CC(N)=O)C(=O)N[C@@H](CCC(=O)O)C(=O)N[C@@H](CCCCN)C(=O)N[C@@H](Cc1ccccc1)C(=O)N[C@@H](CCCCN)C(=O)NCC(=O)O)[C@@H](C)O. The van der Waals surface area contributed by atoms with E-state index in [1.807, 2.05) is 0 Å². The van der Waals surface area contributed by atoms with E-state index in [2.05, 4.69) is 79.8 Å². The Kier molecular flexibility index (Phi) is 46.9. The van der Waals surface area contributed by atoms with E-state index in [-0.39, 0.29) is 81.8 Å². The fourth-order valence-electron chi connectivity index (χ4n) is 12.5. The van der Waals surface area contributed by atoms with Gasteiger partial charge in [-0.25, -0.2) is 0 Å². The van der Waals surface area contributed by atoms with Crippen LogP contribution in [0.15, 0.2) is 54.6 Å². The third-order valence-corrected chi connectivity index (χ3v) is 19.7. The summed E-state index contributed by atoms with van der Waals surface area (Å²) in [5.74, 6) is -24.8. The Morgan fingerprint density at radius 2 is 0.857 bits per heavy atom. The van der Waals surface area contributed by atoms with Crippen LogP contribution in [0.5, 0.6) is 5.75 Å². The van der Waals surface area contributed by atoms with Crippen molar-refractivity contribution >= 4 is 124 Å². The first-order valence-electron chi connectivity index (χ1n) is 40.7. The minimum Gasteiger partial charge on any atom is -0.508 e. The number of hydrogen-bond acceptors (Lipinski definition) is 27. The van der Waals surface area contributed by atoms with Crippen LogP contribution in [0.1, 0.15) is 136 Å². The van der Waals surface area contributed by atoms with Gasteiger partial charge in [-0.05, 0) is 113 Å². The Balaban J connectivity index is 1.78. The Hall–Kier alpha value is -13.1. The van der Waals surface area contributed by atoms with Gasteiger partial charge in [0.15, 0.2) is 0 Å². The first kappa shape index (κ1) is 107. The van der Waals surface area contributed by atoms with Crippen molar-refractivity contribution in [3.05, 3.63) is 65.7 Å². The molecule has 48 heteroatoms. The summed E-state index contributed by atoms with van der Waals surface area (Å²) in [6.07, 6.45) is -5.42. The number of carbonyl (C=O) groups excluding carboxylic acids is 19. The molecule has 2 aromatic rings. The number of hydrogen-bond donors (Lipinski definition) is 26. The standard InChI is InChI=1S/C78H120N22O26/c1-6-40(4)64(99-75(123)63(84)39(2)3)76(124)97-52(33-57(83)106)78(126)100-28-14-19-54(100)74(122)87-36-59(108)89-53(38-101)67(115)86-34-58(107)85-35-60(109)98-65(41(5)102)77(125)96-51(32-56(82)105)73(121)94-49(30-43-20-22-44(103)23-21-43)71(119)95-50(31-55(81)104)72(120)92-47(24-25-61(110)111)69(117)91-46(18-11-13-27-80)68(116)93-48(29-42-15-8-7-9-16-42)70(118)90-45(17-10-12-26-79)66(114)88-37-62(112)113/h7-9,15-16,20-23,39-41,45-54,63-65,101-103H,6,10-14,17-19,24-38,79-80,84H2,1-5H3,(H2,81,104)(H2,82,105)(H2,83,106)(H,85,107)(H,86,115)(H,87,122)(H,88,114)(H,89,108)(H,90,118)(H,91,117)(H,92,120)(H,93,116)(H,94,121)(H,95,119)(H,96,125)(H,97,124)(H,98,109)(H,99,123)(H,110,111)(H,112,113)/t40-,41+,45-,46-,47-,48-,49-,50-,51-,52-,53-,54-,63-,64-,65-/m0/s1. The van der Waals surface area contributed by atoms with E-state index in [1.54, 1.807) is 58.0 Å². The predicted octanol–water partition coefficient (Wildman–Crippen LogP) is -10.8. The quantitative estimate of drug-likeness (QED) is 0.0274. The summed E-state index contributed by atoms with van der Waals surface area (Å²) in [5, 5.41) is 84.4. The number of benzene rings is 2. The van der Waals surface area contributed by atoms with Gasteiger partial charge < -0.3 is 145 Å². The summed E-state index contributed by atoms with van der Waals surface area (Å²) in [6.45, 7) is 3.44. The number of nitrogens with zero attached hydrogens (tertiary/aromatic N) is 1. The van der Waals surface area contributed by atoms with Crippen LogP contribution in [0.25, 0.3) is 0 Å². The molecule has 1 aliphatic rings. The number of nitrogens with one attached hydrogen (secondary N) is 15. The van der Waals surface area contributed by atoms with Crippen LogP contribution in [0.2, 0.25) is 0 Å². The molecule has 2 aromatic carbocycles.